The van der Waals surface area contributed by atoms with E-state index in [1.54, 1.807) is 12.1 Å². The van der Waals surface area contributed by atoms with E-state index in [-0.39, 0.29) is 41.0 Å². The largest absolute Gasteiger partial charge is 0.495 e. The minimum absolute atomic E-state index is 0.0632. The van der Waals surface area contributed by atoms with E-state index < -0.39 is 10.0 Å². The number of rotatable bonds is 5. The molecule has 0 radical (unpaired) electrons. The molecule has 8 heteroatoms. The molecule has 2 aromatic rings. The third-order valence-electron chi connectivity index (χ3n) is 4.60. The lowest BCUT2D eigenvalue weighted by Gasteiger charge is -2.19. The monoisotopic (exact) mass is 388 g/mol. The summed E-state index contributed by atoms with van der Waals surface area (Å²) >= 11 is 0. The Morgan fingerprint density at radius 1 is 1.04 bits per heavy atom. The van der Waals surface area contributed by atoms with Crippen LogP contribution in [0.4, 0.5) is 11.4 Å². The van der Waals surface area contributed by atoms with Crippen LogP contribution in [0.1, 0.15) is 24.0 Å². The number of benzene rings is 2. The normalized spacial score (nSPS) is 14.6. The summed E-state index contributed by atoms with van der Waals surface area (Å²) in [5.74, 6) is -0.505. The van der Waals surface area contributed by atoms with Crippen LogP contribution in [0.3, 0.4) is 0 Å². The molecule has 0 atom stereocenters. The predicted octanol–water partition coefficient (Wildman–Crippen LogP) is 2.77. The first-order chi connectivity index (χ1) is 12.7. The molecular weight excluding hydrogens is 368 g/mol. The standard InChI is InChI=1S/C19H20N2O5S/c1-12-5-4-6-15(13(12)2)20-27(24,25)14-7-8-17(26-3)16(11-14)21-18(22)9-10-19(21)23/h4-8,11,20H,9-10H2,1-3H3. The third kappa shape index (κ3) is 3.52. The van der Waals surface area contributed by atoms with Crippen molar-refractivity contribution in [1.82, 2.24) is 0 Å². The summed E-state index contributed by atoms with van der Waals surface area (Å²) in [6.45, 7) is 3.72. The topological polar surface area (TPSA) is 92.8 Å². The second-order valence-electron chi connectivity index (χ2n) is 6.31. The zero-order valence-corrected chi connectivity index (χ0v) is 16.1. The third-order valence-corrected chi connectivity index (χ3v) is 5.97. The number of anilines is 2. The molecule has 142 valence electrons. The Labute approximate surface area is 158 Å². The van der Waals surface area contributed by atoms with Gasteiger partial charge >= 0.3 is 0 Å². The van der Waals surface area contributed by atoms with Gasteiger partial charge in [0.2, 0.25) is 11.8 Å². The molecule has 7 nitrogen and oxygen atoms in total. The molecule has 27 heavy (non-hydrogen) atoms. The van der Waals surface area contributed by atoms with Crippen LogP contribution in [0.15, 0.2) is 41.3 Å². The van der Waals surface area contributed by atoms with Gasteiger partial charge in [0.1, 0.15) is 5.75 Å². The van der Waals surface area contributed by atoms with E-state index in [4.69, 9.17) is 4.74 Å². The summed E-state index contributed by atoms with van der Waals surface area (Å²) in [5.41, 5.74) is 2.38. The van der Waals surface area contributed by atoms with Crippen molar-refractivity contribution >= 4 is 33.2 Å². The highest BCUT2D eigenvalue weighted by Crippen LogP contribution is 2.35. The number of imide groups is 1. The molecule has 0 bridgehead atoms. The van der Waals surface area contributed by atoms with Crippen LogP contribution in [0.25, 0.3) is 0 Å². The first kappa shape index (κ1) is 18.9. The van der Waals surface area contributed by atoms with Gasteiger partial charge in [-0.05, 0) is 49.2 Å². The number of sulfonamides is 1. The second-order valence-corrected chi connectivity index (χ2v) is 7.99. The second kappa shape index (κ2) is 7.03. The van der Waals surface area contributed by atoms with Gasteiger partial charge in [0.25, 0.3) is 10.0 Å². The van der Waals surface area contributed by atoms with E-state index in [0.29, 0.717) is 5.69 Å². The fraction of sp³-hybridized carbons (Fsp3) is 0.263. The van der Waals surface area contributed by atoms with E-state index in [9.17, 15) is 18.0 Å². The van der Waals surface area contributed by atoms with Crippen molar-refractivity contribution < 1.29 is 22.7 Å². The number of hydrogen-bond donors (Lipinski definition) is 1. The summed E-state index contributed by atoms with van der Waals surface area (Å²) < 4.78 is 33.5. The van der Waals surface area contributed by atoms with Crippen molar-refractivity contribution in [2.45, 2.75) is 31.6 Å². The molecule has 0 spiro atoms. The van der Waals surface area contributed by atoms with E-state index >= 15 is 0 Å². The number of ether oxygens (including phenoxy) is 1. The molecule has 1 saturated heterocycles. The summed E-state index contributed by atoms with van der Waals surface area (Å²) in [6.07, 6.45) is 0.194. The molecule has 3 rings (SSSR count). The van der Waals surface area contributed by atoms with Crippen molar-refractivity contribution in [3.8, 4) is 5.75 Å². The van der Waals surface area contributed by atoms with Gasteiger partial charge in [-0.25, -0.2) is 13.3 Å². The van der Waals surface area contributed by atoms with Gasteiger partial charge in [0.15, 0.2) is 0 Å². The number of amides is 2. The average Bonchev–Trinajstić information content (AvgIpc) is 2.96. The summed E-state index contributed by atoms with van der Waals surface area (Å²) in [5, 5.41) is 0. The van der Waals surface area contributed by atoms with Crippen molar-refractivity contribution in [2.75, 3.05) is 16.7 Å². The number of aryl methyl sites for hydroxylation is 1. The first-order valence-electron chi connectivity index (χ1n) is 8.37. The van der Waals surface area contributed by atoms with Crippen LogP contribution in [-0.2, 0) is 19.6 Å². The van der Waals surface area contributed by atoms with Gasteiger partial charge in [-0.3, -0.25) is 14.3 Å². The minimum Gasteiger partial charge on any atom is -0.495 e. The molecule has 1 heterocycles. The summed E-state index contributed by atoms with van der Waals surface area (Å²) in [7, 11) is -2.52. The smallest absolute Gasteiger partial charge is 0.261 e. The lowest BCUT2D eigenvalue weighted by atomic mass is 10.1. The molecule has 1 fully saturated rings. The number of carbonyl (C=O) groups is 2. The molecule has 1 aliphatic heterocycles. The fourth-order valence-electron chi connectivity index (χ4n) is 2.92. The van der Waals surface area contributed by atoms with Crippen LogP contribution >= 0.6 is 0 Å². The predicted molar refractivity (Wildman–Crippen MR) is 101 cm³/mol. The molecular formula is C19H20N2O5S. The lowest BCUT2D eigenvalue weighted by Crippen LogP contribution is -2.29. The Balaban J connectivity index is 2.03. The highest BCUT2D eigenvalue weighted by molar-refractivity contribution is 7.92. The maximum Gasteiger partial charge on any atom is 0.261 e. The van der Waals surface area contributed by atoms with Crippen LogP contribution in [0, 0.1) is 13.8 Å². The Morgan fingerprint density at radius 2 is 1.70 bits per heavy atom. The molecule has 2 amide bonds. The van der Waals surface area contributed by atoms with Crippen molar-refractivity contribution in [3.05, 3.63) is 47.5 Å². The Morgan fingerprint density at radius 3 is 2.33 bits per heavy atom. The van der Waals surface area contributed by atoms with Gasteiger partial charge in [-0.1, -0.05) is 12.1 Å². The average molecular weight is 388 g/mol. The van der Waals surface area contributed by atoms with Crippen LogP contribution in [-0.4, -0.2) is 27.3 Å². The molecule has 2 aromatic carbocycles. The quantitative estimate of drug-likeness (QED) is 0.795. The SMILES string of the molecule is COc1ccc(S(=O)(=O)Nc2cccc(C)c2C)cc1N1C(=O)CCC1=O. The van der Waals surface area contributed by atoms with Gasteiger partial charge in [-0.15, -0.1) is 0 Å². The Hall–Kier alpha value is -2.87. The zero-order valence-electron chi connectivity index (χ0n) is 15.3. The molecule has 0 aromatic heterocycles. The van der Waals surface area contributed by atoms with Crippen LogP contribution in [0.5, 0.6) is 5.75 Å². The Bertz CT molecular complexity index is 1010. The van der Waals surface area contributed by atoms with Gasteiger partial charge in [0.05, 0.1) is 23.4 Å². The number of methoxy groups -OCH3 is 1. The van der Waals surface area contributed by atoms with Crippen LogP contribution < -0.4 is 14.4 Å². The molecule has 0 aliphatic carbocycles. The van der Waals surface area contributed by atoms with Gasteiger partial charge in [-0.2, -0.15) is 0 Å². The number of nitrogens with zero attached hydrogens (tertiary/aromatic N) is 1. The van der Waals surface area contributed by atoms with Crippen LogP contribution in [0.2, 0.25) is 0 Å². The van der Waals surface area contributed by atoms with E-state index in [2.05, 4.69) is 4.72 Å². The van der Waals surface area contributed by atoms with Crippen molar-refractivity contribution in [1.29, 1.82) is 0 Å². The van der Waals surface area contributed by atoms with Gasteiger partial charge in [0, 0.05) is 12.8 Å². The van der Waals surface area contributed by atoms with Gasteiger partial charge < -0.3 is 4.74 Å². The van der Waals surface area contributed by atoms with Crippen molar-refractivity contribution in [2.24, 2.45) is 0 Å². The number of hydrogen-bond acceptors (Lipinski definition) is 5. The maximum absolute atomic E-state index is 12.9. The van der Waals surface area contributed by atoms with E-state index in [1.165, 1.54) is 25.3 Å². The minimum atomic E-state index is -3.92. The molecule has 0 unspecified atom stereocenters. The van der Waals surface area contributed by atoms with Crippen molar-refractivity contribution in [3.63, 3.8) is 0 Å². The first-order valence-corrected chi connectivity index (χ1v) is 9.86. The summed E-state index contributed by atoms with van der Waals surface area (Å²) in [6, 6.07) is 9.43. The highest BCUT2D eigenvalue weighted by Gasteiger charge is 2.33. The van der Waals surface area contributed by atoms with E-state index in [0.717, 1.165) is 16.0 Å². The number of nitrogens with one attached hydrogen (secondary N) is 1. The lowest BCUT2D eigenvalue weighted by molar-refractivity contribution is -0.121. The Kier molecular flexibility index (Phi) is 4.93. The fourth-order valence-corrected chi connectivity index (χ4v) is 4.06. The maximum atomic E-state index is 12.9. The van der Waals surface area contributed by atoms with E-state index in [1.807, 2.05) is 19.9 Å². The zero-order chi connectivity index (χ0) is 19.8. The molecule has 0 saturated carbocycles. The molecule has 1 N–H and O–H groups in total. The summed E-state index contributed by atoms with van der Waals surface area (Å²) in [4.78, 5) is 25.1. The molecule has 1 aliphatic rings. The highest BCUT2D eigenvalue weighted by atomic mass is 32.2. The number of carbonyl (C=O) groups excluding carboxylic acids is 2.